The van der Waals surface area contributed by atoms with Gasteiger partial charge in [0.15, 0.2) is 0 Å². The van der Waals surface area contributed by atoms with Crippen molar-refractivity contribution in [1.82, 2.24) is 10.2 Å². The molecule has 0 radical (unpaired) electrons. The van der Waals surface area contributed by atoms with Gasteiger partial charge in [0.1, 0.15) is 6.04 Å². The summed E-state index contributed by atoms with van der Waals surface area (Å²) >= 11 is 0. The highest BCUT2D eigenvalue weighted by molar-refractivity contribution is 5.80. The fraction of sp³-hybridized carbons (Fsp3) is 0.467. The van der Waals surface area contributed by atoms with Crippen molar-refractivity contribution in [3.63, 3.8) is 0 Å². The maximum absolute atomic E-state index is 11.9. The Balaban J connectivity index is 1.82. The Morgan fingerprint density at radius 1 is 1.25 bits per heavy atom. The second kappa shape index (κ2) is 7.05. The van der Waals surface area contributed by atoms with Gasteiger partial charge in [-0.2, -0.15) is 0 Å². The highest BCUT2D eigenvalue weighted by Gasteiger charge is 2.29. The van der Waals surface area contributed by atoms with Crippen molar-refractivity contribution in [2.24, 2.45) is 0 Å². The Bertz CT molecular complexity index is 461. The van der Waals surface area contributed by atoms with Gasteiger partial charge >= 0.3 is 5.97 Å². The summed E-state index contributed by atoms with van der Waals surface area (Å²) in [5.41, 5.74) is 1.04. The van der Waals surface area contributed by atoms with Crippen LogP contribution in [-0.2, 0) is 16.1 Å². The maximum atomic E-state index is 11.9. The second-order valence-corrected chi connectivity index (χ2v) is 5.08. The van der Waals surface area contributed by atoms with Crippen LogP contribution in [0, 0.1) is 0 Å². The molecule has 1 fully saturated rings. The smallest absolute Gasteiger partial charge is 0.320 e. The van der Waals surface area contributed by atoms with Gasteiger partial charge in [0.05, 0.1) is 6.54 Å². The molecule has 108 valence electrons. The number of carbonyl (C=O) groups excluding carboxylic acids is 1. The average Bonchev–Trinajstić information content (AvgIpc) is 2.46. The first-order valence-corrected chi connectivity index (χ1v) is 6.94. The zero-order chi connectivity index (χ0) is 14.4. The number of hydrogen-bond acceptors (Lipinski definition) is 3. The second-order valence-electron chi connectivity index (χ2n) is 5.08. The van der Waals surface area contributed by atoms with Gasteiger partial charge in [-0.05, 0) is 24.9 Å². The summed E-state index contributed by atoms with van der Waals surface area (Å²) in [6.45, 7) is 1.31. The minimum absolute atomic E-state index is 0.123. The minimum atomic E-state index is -0.833. The van der Waals surface area contributed by atoms with Crippen LogP contribution in [0.4, 0.5) is 0 Å². The number of rotatable bonds is 5. The molecule has 1 saturated heterocycles. The van der Waals surface area contributed by atoms with E-state index in [1.54, 1.807) is 4.90 Å². The zero-order valence-electron chi connectivity index (χ0n) is 11.4. The number of piperidine rings is 1. The maximum Gasteiger partial charge on any atom is 0.320 e. The molecule has 1 atom stereocenters. The first-order valence-electron chi connectivity index (χ1n) is 6.94. The molecule has 1 aliphatic heterocycles. The molecule has 1 aromatic rings. The van der Waals surface area contributed by atoms with E-state index in [1.807, 2.05) is 30.3 Å². The quantitative estimate of drug-likeness (QED) is 0.849. The normalized spacial score (nSPS) is 19.5. The fourth-order valence-electron chi connectivity index (χ4n) is 2.50. The summed E-state index contributed by atoms with van der Waals surface area (Å²) in [6.07, 6.45) is 2.50. The van der Waals surface area contributed by atoms with Crippen molar-refractivity contribution in [3.8, 4) is 0 Å². The van der Waals surface area contributed by atoms with Gasteiger partial charge in [-0.1, -0.05) is 36.8 Å². The summed E-state index contributed by atoms with van der Waals surface area (Å²) in [6, 6.07) is 9.14. The lowest BCUT2D eigenvalue weighted by Gasteiger charge is -2.32. The Kier molecular flexibility index (Phi) is 5.12. The standard InChI is InChI=1S/C15H20N2O3/c18-14(16-10-12-6-2-1-3-7-12)11-17-9-5-4-8-13(17)15(19)20/h1-3,6-7,13H,4-5,8-11H2,(H,16,18)(H,19,20). The van der Waals surface area contributed by atoms with Crippen LogP contribution in [0.25, 0.3) is 0 Å². The summed E-state index contributed by atoms with van der Waals surface area (Å²) in [5, 5.41) is 12.0. The number of nitrogens with zero attached hydrogens (tertiary/aromatic N) is 1. The molecule has 2 N–H and O–H groups in total. The molecule has 1 heterocycles. The van der Waals surface area contributed by atoms with Crippen molar-refractivity contribution in [2.45, 2.75) is 31.8 Å². The molecule has 0 spiro atoms. The van der Waals surface area contributed by atoms with Crippen LogP contribution in [0.5, 0.6) is 0 Å². The van der Waals surface area contributed by atoms with Crippen molar-refractivity contribution >= 4 is 11.9 Å². The number of likely N-dealkylation sites (tertiary alicyclic amines) is 1. The van der Waals surface area contributed by atoms with Gasteiger partial charge in [-0.15, -0.1) is 0 Å². The molecule has 1 amide bonds. The predicted octanol–water partition coefficient (Wildman–Crippen LogP) is 1.24. The fourth-order valence-corrected chi connectivity index (χ4v) is 2.50. The molecule has 0 aromatic heterocycles. The van der Waals surface area contributed by atoms with E-state index in [4.69, 9.17) is 5.11 Å². The minimum Gasteiger partial charge on any atom is -0.480 e. The summed E-state index contributed by atoms with van der Waals surface area (Å²) in [4.78, 5) is 24.8. The van der Waals surface area contributed by atoms with Crippen LogP contribution in [0.1, 0.15) is 24.8 Å². The number of amides is 1. The number of carboxylic acids is 1. The number of carboxylic acid groups (broad SMARTS) is 1. The largest absolute Gasteiger partial charge is 0.480 e. The summed E-state index contributed by atoms with van der Waals surface area (Å²) < 4.78 is 0. The number of benzene rings is 1. The van der Waals surface area contributed by atoms with Crippen LogP contribution in [-0.4, -0.2) is 41.0 Å². The van der Waals surface area contributed by atoms with Gasteiger partial charge < -0.3 is 10.4 Å². The number of nitrogens with one attached hydrogen (secondary N) is 1. The van der Waals surface area contributed by atoms with E-state index in [0.29, 0.717) is 19.5 Å². The predicted molar refractivity (Wildman–Crippen MR) is 75.1 cm³/mol. The lowest BCUT2D eigenvalue weighted by Crippen LogP contribution is -2.48. The Labute approximate surface area is 118 Å². The molecule has 5 heteroatoms. The lowest BCUT2D eigenvalue weighted by atomic mass is 10.0. The Morgan fingerprint density at radius 2 is 2.00 bits per heavy atom. The Morgan fingerprint density at radius 3 is 2.70 bits per heavy atom. The van der Waals surface area contributed by atoms with Crippen molar-refractivity contribution < 1.29 is 14.7 Å². The van der Waals surface area contributed by atoms with Gasteiger partial charge in [0, 0.05) is 6.54 Å². The van der Waals surface area contributed by atoms with Crippen LogP contribution >= 0.6 is 0 Å². The van der Waals surface area contributed by atoms with Crippen molar-refractivity contribution in [2.75, 3.05) is 13.1 Å². The molecule has 0 aliphatic carbocycles. The summed E-state index contributed by atoms with van der Waals surface area (Å²) in [7, 11) is 0. The highest BCUT2D eigenvalue weighted by atomic mass is 16.4. The molecule has 2 rings (SSSR count). The molecule has 1 unspecified atom stereocenters. The van der Waals surface area contributed by atoms with Crippen LogP contribution in [0.2, 0.25) is 0 Å². The third kappa shape index (κ3) is 4.06. The first-order chi connectivity index (χ1) is 9.66. The monoisotopic (exact) mass is 276 g/mol. The highest BCUT2D eigenvalue weighted by Crippen LogP contribution is 2.16. The van der Waals surface area contributed by atoms with Crippen LogP contribution < -0.4 is 5.32 Å². The van der Waals surface area contributed by atoms with E-state index >= 15 is 0 Å². The number of carbonyl (C=O) groups is 2. The number of aliphatic carboxylic acids is 1. The van der Waals surface area contributed by atoms with E-state index < -0.39 is 12.0 Å². The van der Waals surface area contributed by atoms with Gasteiger partial charge in [-0.3, -0.25) is 14.5 Å². The van der Waals surface area contributed by atoms with E-state index in [-0.39, 0.29) is 12.5 Å². The third-order valence-electron chi connectivity index (χ3n) is 3.58. The molecule has 0 saturated carbocycles. The van der Waals surface area contributed by atoms with E-state index in [1.165, 1.54) is 0 Å². The molecular weight excluding hydrogens is 256 g/mol. The van der Waals surface area contributed by atoms with Gasteiger partial charge in [-0.25, -0.2) is 0 Å². The van der Waals surface area contributed by atoms with E-state index in [0.717, 1.165) is 18.4 Å². The molecule has 20 heavy (non-hydrogen) atoms. The zero-order valence-corrected chi connectivity index (χ0v) is 11.4. The lowest BCUT2D eigenvalue weighted by molar-refractivity contribution is -0.145. The molecule has 1 aromatic carbocycles. The SMILES string of the molecule is O=C(CN1CCCCC1C(=O)O)NCc1ccccc1. The molecule has 5 nitrogen and oxygen atoms in total. The van der Waals surface area contributed by atoms with Crippen LogP contribution in [0.15, 0.2) is 30.3 Å². The van der Waals surface area contributed by atoms with E-state index in [2.05, 4.69) is 5.32 Å². The Hall–Kier alpha value is -1.88. The van der Waals surface area contributed by atoms with Gasteiger partial charge in [0.2, 0.25) is 5.91 Å². The molecule has 0 bridgehead atoms. The number of hydrogen-bond donors (Lipinski definition) is 2. The van der Waals surface area contributed by atoms with Crippen molar-refractivity contribution in [1.29, 1.82) is 0 Å². The molecular formula is C15H20N2O3. The third-order valence-corrected chi connectivity index (χ3v) is 3.58. The van der Waals surface area contributed by atoms with Crippen LogP contribution in [0.3, 0.4) is 0 Å². The topological polar surface area (TPSA) is 69.6 Å². The first kappa shape index (κ1) is 14.5. The summed E-state index contributed by atoms with van der Waals surface area (Å²) in [5.74, 6) is -0.956. The van der Waals surface area contributed by atoms with E-state index in [9.17, 15) is 9.59 Å². The van der Waals surface area contributed by atoms with Gasteiger partial charge in [0.25, 0.3) is 0 Å². The molecule has 1 aliphatic rings. The average molecular weight is 276 g/mol. The van der Waals surface area contributed by atoms with Crippen molar-refractivity contribution in [3.05, 3.63) is 35.9 Å².